The largest absolute Gasteiger partial charge is 0.340 e. The number of carbonyl (C=O) groups is 1. The molecule has 5 rings (SSSR count). The smallest absolute Gasteiger partial charge is 0.226 e. The zero-order valence-corrected chi connectivity index (χ0v) is 12.7. The van der Waals surface area contributed by atoms with Crippen molar-refractivity contribution in [2.75, 3.05) is 32.7 Å². The van der Waals surface area contributed by atoms with E-state index < -0.39 is 0 Å². The molecule has 1 saturated heterocycles. The van der Waals surface area contributed by atoms with E-state index in [1.54, 1.807) is 0 Å². The van der Waals surface area contributed by atoms with Crippen molar-refractivity contribution in [1.29, 1.82) is 5.26 Å². The number of nitrogens with zero attached hydrogens (tertiary/aromatic N) is 3. The SMILES string of the molecule is N#CCN1CCN(C(=O)C2C3CC4CC(C3)CC2C4)CC1. The Morgan fingerprint density at radius 1 is 0.952 bits per heavy atom. The number of piperazine rings is 1. The van der Waals surface area contributed by atoms with Gasteiger partial charge in [-0.3, -0.25) is 9.69 Å². The van der Waals surface area contributed by atoms with Gasteiger partial charge in [-0.25, -0.2) is 0 Å². The second-order valence-electron chi connectivity index (χ2n) is 7.72. The van der Waals surface area contributed by atoms with Gasteiger partial charge in [0.1, 0.15) is 0 Å². The van der Waals surface area contributed by atoms with E-state index >= 15 is 0 Å². The molecule has 4 aliphatic carbocycles. The van der Waals surface area contributed by atoms with Gasteiger partial charge in [0, 0.05) is 32.1 Å². The van der Waals surface area contributed by atoms with Crippen molar-refractivity contribution in [3.8, 4) is 6.07 Å². The molecule has 0 N–H and O–H groups in total. The molecule has 4 heteroatoms. The summed E-state index contributed by atoms with van der Waals surface area (Å²) in [5.41, 5.74) is 0. The molecule has 4 nitrogen and oxygen atoms in total. The molecule has 0 spiro atoms. The molecule has 1 aliphatic heterocycles. The summed E-state index contributed by atoms with van der Waals surface area (Å²) in [6, 6.07) is 2.21. The van der Waals surface area contributed by atoms with Crippen LogP contribution in [0, 0.1) is 40.9 Å². The number of amides is 1. The Balaban J connectivity index is 1.41. The van der Waals surface area contributed by atoms with E-state index in [0.29, 0.717) is 30.2 Å². The third kappa shape index (κ3) is 2.36. The molecule has 1 amide bonds. The number of rotatable bonds is 2. The molecule has 0 aromatic carbocycles. The summed E-state index contributed by atoms with van der Waals surface area (Å²) in [5.74, 6) is 4.02. The standard InChI is InChI=1S/C17H25N3O/c18-1-2-19-3-5-20(6-4-19)17(21)16-14-8-12-7-13(10-14)11-15(16)9-12/h12-16H,2-11H2. The first-order chi connectivity index (χ1) is 10.2. The third-order valence-corrected chi connectivity index (χ3v) is 6.49. The molecule has 0 aromatic rings. The zero-order chi connectivity index (χ0) is 14.4. The molecular formula is C17H25N3O. The van der Waals surface area contributed by atoms with Crippen LogP contribution in [0.1, 0.15) is 32.1 Å². The minimum atomic E-state index is 0.334. The van der Waals surface area contributed by atoms with Gasteiger partial charge in [0.25, 0.3) is 0 Å². The predicted octanol–water partition coefficient (Wildman–Crippen LogP) is 1.73. The van der Waals surface area contributed by atoms with Gasteiger partial charge >= 0.3 is 0 Å². The van der Waals surface area contributed by atoms with Crippen LogP contribution in [-0.2, 0) is 4.79 Å². The quantitative estimate of drug-likeness (QED) is 0.727. The summed E-state index contributed by atoms with van der Waals surface area (Å²) < 4.78 is 0. The molecule has 114 valence electrons. The Kier molecular flexibility index (Phi) is 3.41. The topological polar surface area (TPSA) is 47.3 Å². The van der Waals surface area contributed by atoms with Gasteiger partial charge in [-0.2, -0.15) is 5.26 Å². The van der Waals surface area contributed by atoms with Crippen LogP contribution in [0.25, 0.3) is 0 Å². The molecular weight excluding hydrogens is 262 g/mol. The number of nitriles is 1. The summed E-state index contributed by atoms with van der Waals surface area (Å²) in [5, 5.41) is 8.76. The first-order valence-corrected chi connectivity index (χ1v) is 8.62. The van der Waals surface area contributed by atoms with Crippen LogP contribution in [0.3, 0.4) is 0 Å². The van der Waals surface area contributed by atoms with Crippen molar-refractivity contribution >= 4 is 5.91 Å². The minimum absolute atomic E-state index is 0.334. The summed E-state index contributed by atoms with van der Waals surface area (Å²) in [7, 11) is 0. The lowest BCUT2D eigenvalue weighted by atomic mass is 9.51. The van der Waals surface area contributed by atoms with E-state index in [1.165, 1.54) is 32.1 Å². The van der Waals surface area contributed by atoms with Crippen molar-refractivity contribution in [3.63, 3.8) is 0 Å². The average molecular weight is 287 g/mol. The number of carbonyl (C=O) groups excluding carboxylic acids is 1. The molecule has 4 bridgehead atoms. The second kappa shape index (κ2) is 5.28. The lowest BCUT2D eigenvalue weighted by molar-refractivity contribution is -0.150. The van der Waals surface area contributed by atoms with E-state index in [9.17, 15) is 4.79 Å². The Labute approximate surface area is 127 Å². The van der Waals surface area contributed by atoms with Crippen molar-refractivity contribution in [2.24, 2.45) is 29.6 Å². The summed E-state index contributed by atoms with van der Waals surface area (Å²) in [6.07, 6.45) is 6.71. The minimum Gasteiger partial charge on any atom is -0.340 e. The van der Waals surface area contributed by atoms with Gasteiger partial charge in [-0.1, -0.05) is 0 Å². The highest BCUT2D eigenvalue weighted by molar-refractivity contribution is 5.80. The first kappa shape index (κ1) is 13.6. The van der Waals surface area contributed by atoms with Crippen LogP contribution in [0.4, 0.5) is 0 Å². The van der Waals surface area contributed by atoms with E-state index in [1.807, 2.05) is 0 Å². The maximum absolute atomic E-state index is 13.0. The number of hydrogen-bond donors (Lipinski definition) is 0. The summed E-state index contributed by atoms with van der Waals surface area (Å²) in [6.45, 7) is 3.88. The first-order valence-electron chi connectivity index (χ1n) is 8.62. The fourth-order valence-electron chi connectivity index (χ4n) is 5.77. The van der Waals surface area contributed by atoms with Crippen LogP contribution in [0.5, 0.6) is 0 Å². The van der Waals surface area contributed by atoms with Crippen LogP contribution in [-0.4, -0.2) is 48.4 Å². The third-order valence-electron chi connectivity index (χ3n) is 6.49. The highest BCUT2D eigenvalue weighted by atomic mass is 16.2. The highest BCUT2D eigenvalue weighted by Crippen LogP contribution is 2.56. The average Bonchev–Trinajstić information content (AvgIpc) is 2.47. The van der Waals surface area contributed by atoms with Crippen molar-refractivity contribution < 1.29 is 4.79 Å². The maximum Gasteiger partial charge on any atom is 0.226 e. The Morgan fingerprint density at radius 2 is 1.52 bits per heavy atom. The Bertz CT molecular complexity index is 433. The van der Waals surface area contributed by atoms with Crippen LogP contribution < -0.4 is 0 Å². The van der Waals surface area contributed by atoms with E-state index in [4.69, 9.17) is 5.26 Å². The second-order valence-corrected chi connectivity index (χ2v) is 7.72. The lowest BCUT2D eigenvalue weighted by Crippen LogP contribution is -2.55. The Morgan fingerprint density at radius 3 is 2.05 bits per heavy atom. The van der Waals surface area contributed by atoms with Crippen LogP contribution in [0.15, 0.2) is 0 Å². The van der Waals surface area contributed by atoms with Crippen LogP contribution in [0.2, 0.25) is 0 Å². The van der Waals surface area contributed by atoms with E-state index in [-0.39, 0.29) is 0 Å². The van der Waals surface area contributed by atoms with Crippen molar-refractivity contribution in [1.82, 2.24) is 9.80 Å². The van der Waals surface area contributed by atoms with Gasteiger partial charge in [0.05, 0.1) is 12.6 Å². The molecule has 21 heavy (non-hydrogen) atoms. The maximum atomic E-state index is 13.0. The van der Waals surface area contributed by atoms with E-state index in [2.05, 4.69) is 15.9 Å². The molecule has 0 radical (unpaired) electrons. The van der Waals surface area contributed by atoms with Crippen LogP contribution >= 0.6 is 0 Å². The summed E-state index contributed by atoms with van der Waals surface area (Å²) >= 11 is 0. The molecule has 1 heterocycles. The molecule has 4 saturated carbocycles. The molecule has 0 atom stereocenters. The molecule has 5 fully saturated rings. The molecule has 0 unspecified atom stereocenters. The lowest BCUT2D eigenvalue weighted by Gasteiger charge is -2.54. The monoisotopic (exact) mass is 287 g/mol. The fourth-order valence-corrected chi connectivity index (χ4v) is 5.77. The van der Waals surface area contributed by atoms with Gasteiger partial charge in [-0.05, 0) is 55.8 Å². The summed E-state index contributed by atoms with van der Waals surface area (Å²) in [4.78, 5) is 17.2. The highest BCUT2D eigenvalue weighted by Gasteiger charge is 2.51. The zero-order valence-electron chi connectivity index (χ0n) is 12.7. The molecule has 5 aliphatic rings. The van der Waals surface area contributed by atoms with Crippen molar-refractivity contribution in [2.45, 2.75) is 32.1 Å². The van der Waals surface area contributed by atoms with Gasteiger partial charge < -0.3 is 4.90 Å². The molecule has 0 aromatic heterocycles. The van der Waals surface area contributed by atoms with Gasteiger partial charge in [0.15, 0.2) is 0 Å². The van der Waals surface area contributed by atoms with E-state index in [0.717, 1.165) is 38.0 Å². The van der Waals surface area contributed by atoms with Gasteiger partial charge in [0.2, 0.25) is 5.91 Å². The fraction of sp³-hybridized carbons (Fsp3) is 0.882. The van der Waals surface area contributed by atoms with Crippen molar-refractivity contribution in [3.05, 3.63) is 0 Å². The van der Waals surface area contributed by atoms with Gasteiger partial charge in [-0.15, -0.1) is 0 Å². The Hall–Kier alpha value is -1.08. The predicted molar refractivity (Wildman–Crippen MR) is 79.2 cm³/mol. The normalized spacial score (nSPS) is 42.0. The number of hydrogen-bond acceptors (Lipinski definition) is 3.